The number of hydrogen-bond donors (Lipinski definition) is 2. The highest BCUT2D eigenvalue weighted by Crippen LogP contribution is 2.38. The molecule has 0 aliphatic heterocycles. The molecule has 0 unspecified atom stereocenters. The number of halogens is 2. The largest absolute Gasteiger partial charge is 0.477 e. The zero-order valence-corrected chi connectivity index (χ0v) is 12.0. The van der Waals surface area contributed by atoms with Crippen LogP contribution in [-0.4, -0.2) is 34.2 Å². The highest BCUT2D eigenvalue weighted by atomic mass is 19.3. The van der Waals surface area contributed by atoms with Gasteiger partial charge in [-0.3, -0.25) is 0 Å². The third kappa shape index (κ3) is 4.61. The second-order valence-corrected chi connectivity index (χ2v) is 6.30. The van der Waals surface area contributed by atoms with Gasteiger partial charge >= 0.3 is 18.0 Å². The van der Waals surface area contributed by atoms with Crippen LogP contribution >= 0.6 is 0 Å². The molecule has 116 valence electrons. The summed E-state index contributed by atoms with van der Waals surface area (Å²) in [6.07, 6.45) is 0.302. The second kappa shape index (κ2) is 5.54. The predicted molar refractivity (Wildman–Crippen MR) is 67.8 cm³/mol. The Hall–Kier alpha value is -1.40. The first-order valence-corrected chi connectivity index (χ1v) is 6.58. The zero-order valence-electron chi connectivity index (χ0n) is 12.0. The minimum Gasteiger partial charge on any atom is -0.477 e. The van der Waals surface area contributed by atoms with Crippen molar-refractivity contribution in [2.24, 2.45) is 0 Å². The molecule has 0 atom stereocenters. The lowest BCUT2D eigenvalue weighted by Crippen LogP contribution is -2.52. The fourth-order valence-electron chi connectivity index (χ4n) is 2.42. The SMILES string of the molecule is CC(C)(C)OC(=O)NC1(CC(F)(F)C(=O)O)CCCC1. The van der Waals surface area contributed by atoms with Gasteiger partial charge in [0.2, 0.25) is 0 Å². The molecular weight excluding hydrogens is 272 g/mol. The van der Waals surface area contributed by atoms with Gasteiger partial charge in [-0.05, 0) is 33.6 Å². The lowest BCUT2D eigenvalue weighted by atomic mass is 9.90. The molecule has 5 nitrogen and oxygen atoms in total. The topological polar surface area (TPSA) is 75.6 Å². The Morgan fingerprint density at radius 2 is 1.75 bits per heavy atom. The van der Waals surface area contributed by atoms with Gasteiger partial charge in [0.25, 0.3) is 0 Å². The van der Waals surface area contributed by atoms with Gasteiger partial charge in [-0.25, -0.2) is 9.59 Å². The summed E-state index contributed by atoms with van der Waals surface area (Å²) in [5.74, 6) is -6.03. The molecule has 1 saturated carbocycles. The number of alkyl halides is 2. The van der Waals surface area contributed by atoms with Gasteiger partial charge in [-0.2, -0.15) is 8.78 Å². The maximum Gasteiger partial charge on any atom is 0.408 e. The van der Waals surface area contributed by atoms with Crippen molar-refractivity contribution in [3.05, 3.63) is 0 Å². The quantitative estimate of drug-likeness (QED) is 0.835. The molecule has 7 heteroatoms. The fraction of sp³-hybridized carbons (Fsp3) is 0.846. The van der Waals surface area contributed by atoms with Crippen LogP contribution in [0.4, 0.5) is 13.6 Å². The van der Waals surface area contributed by atoms with E-state index in [1.54, 1.807) is 20.8 Å². The highest BCUT2D eigenvalue weighted by molar-refractivity contribution is 5.76. The minimum atomic E-state index is -3.86. The molecule has 1 fully saturated rings. The fourth-order valence-corrected chi connectivity index (χ4v) is 2.42. The molecular formula is C13H21F2NO4. The number of alkyl carbamates (subject to hydrolysis) is 1. The van der Waals surface area contributed by atoms with Crippen LogP contribution in [0.1, 0.15) is 52.9 Å². The van der Waals surface area contributed by atoms with E-state index in [0.717, 1.165) is 0 Å². The minimum absolute atomic E-state index is 0.328. The molecule has 1 aliphatic carbocycles. The summed E-state index contributed by atoms with van der Waals surface area (Å²) in [4.78, 5) is 22.3. The molecule has 20 heavy (non-hydrogen) atoms. The number of carbonyl (C=O) groups excluding carboxylic acids is 1. The maximum atomic E-state index is 13.4. The van der Waals surface area contributed by atoms with Crippen LogP contribution in [0, 0.1) is 0 Å². The van der Waals surface area contributed by atoms with Crippen molar-refractivity contribution < 1.29 is 28.2 Å². The number of carboxylic acid groups (broad SMARTS) is 1. The number of ether oxygens (including phenoxy) is 1. The average molecular weight is 293 g/mol. The van der Waals surface area contributed by atoms with Crippen molar-refractivity contribution in [1.82, 2.24) is 5.32 Å². The van der Waals surface area contributed by atoms with Gasteiger partial charge in [-0.1, -0.05) is 12.8 Å². The Bertz CT molecular complexity index is 384. The third-order valence-electron chi connectivity index (χ3n) is 3.20. The number of carboxylic acids is 1. The Kier molecular flexibility index (Phi) is 4.61. The van der Waals surface area contributed by atoms with Crippen molar-refractivity contribution in [1.29, 1.82) is 0 Å². The number of aliphatic carboxylic acids is 1. The maximum absolute atomic E-state index is 13.4. The second-order valence-electron chi connectivity index (χ2n) is 6.30. The van der Waals surface area contributed by atoms with E-state index in [2.05, 4.69) is 5.32 Å². The van der Waals surface area contributed by atoms with Crippen molar-refractivity contribution in [3.8, 4) is 0 Å². The Morgan fingerprint density at radius 1 is 1.25 bits per heavy atom. The predicted octanol–water partition coefficient (Wildman–Crippen LogP) is 2.93. The number of carbonyl (C=O) groups is 2. The van der Waals surface area contributed by atoms with E-state index in [-0.39, 0.29) is 0 Å². The summed E-state index contributed by atoms with van der Waals surface area (Å²) in [5, 5.41) is 11.0. The summed E-state index contributed by atoms with van der Waals surface area (Å²) in [7, 11) is 0. The molecule has 0 aromatic heterocycles. The standard InChI is InChI=1S/C13H21F2NO4/c1-11(2,3)20-10(19)16-12(6-4-5-7-12)8-13(14,15)9(17)18/h4-8H2,1-3H3,(H,16,19)(H,17,18). The van der Waals surface area contributed by atoms with Crippen LogP contribution in [0.2, 0.25) is 0 Å². The van der Waals surface area contributed by atoms with E-state index >= 15 is 0 Å². The first-order valence-electron chi connectivity index (χ1n) is 6.58. The molecule has 1 aliphatic rings. The van der Waals surface area contributed by atoms with Crippen LogP contribution in [-0.2, 0) is 9.53 Å². The number of amides is 1. The van der Waals surface area contributed by atoms with E-state index in [1.165, 1.54) is 0 Å². The molecule has 0 heterocycles. The summed E-state index contributed by atoms with van der Waals surface area (Å²) < 4.78 is 31.9. The van der Waals surface area contributed by atoms with Crippen LogP contribution < -0.4 is 5.32 Å². The summed E-state index contributed by atoms with van der Waals surface area (Å²) in [6.45, 7) is 5.00. The summed E-state index contributed by atoms with van der Waals surface area (Å²) >= 11 is 0. The molecule has 1 amide bonds. The van der Waals surface area contributed by atoms with E-state index in [4.69, 9.17) is 9.84 Å². The van der Waals surface area contributed by atoms with Gasteiger partial charge in [0.1, 0.15) is 5.60 Å². The van der Waals surface area contributed by atoms with Gasteiger partial charge in [0.15, 0.2) is 0 Å². The Morgan fingerprint density at radius 3 is 2.15 bits per heavy atom. The molecule has 0 spiro atoms. The van der Waals surface area contributed by atoms with Gasteiger partial charge in [0, 0.05) is 12.0 Å². The molecule has 0 aromatic rings. The van der Waals surface area contributed by atoms with Crippen LogP contribution in [0.5, 0.6) is 0 Å². The van der Waals surface area contributed by atoms with Crippen LogP contribution in [0.25, 0.3) is 0 Å². The Labute approximate surface area is 116 Å². The smallest absolute Gasteiger partial charge is 0.408 e. The summed E-state index contributed by atoms with van der Waals surface area (Å²) in [5.41, 5.74) is -1.94. The van der Waals surface area contributed by atoms with E-state index in [0.29, 0.717) is 25.7 Å². The Balaban J connectivity index is 2.78. The number of hydrogen-bond acceptors (Lipinski definition) is 3. The summed E-state index contributed by atoms with van der Waals surface area (Å²) in [6, 6.07) is 0. The number of nitrogens with one attached hydrogen (secondary N) is 1. The average Bonchev–Trinajstić information content (AvgIpc) is 2.61. The highest BCUT2D eigenvalue weighted by Gasteiger charge is 2.49. The van der Waals surface area contributed by atoms with Crippen LogP contribution in [0.3, 0.4) is 0 Å². The normalized spacial score (nSPS) is 18.6. The molecule has 1 rings (SSSR count). The van der Waals surface area contributed by atoms with Gasteiger partial charge < -0.3 is 15.2 Å². The van der Waals surface area contributed by atoms with Crippen molar-refractivity contribution >= 4 is 12.1 Å². The van der Waals surface area contributed by atoms with Crippen LogP contribution in [0.15, 0.2) is 0 Å². The van der Waals surface area contributed by atoms with Gasteiger partial charge in [0.05, 0.1) is 0 Å². The number of rotatable bonds is 4. The lowest BCUT2D eigenvalue weighted by molar-refractivity contribution is -0.168. The van der Waals surface area contributed by atoms with Gasteiger partial charge in [-0.15, -0.1) is 0 Å². The monoisotopic (exact) mass is 293 g/mol. The molecule has 0 radical (unpaired) electrons. The van der Waals surface area contributed by atoms with Crippen molar-refractivity contribution in [2.75, 3.05) is 0 Å². The van der Waals surface area contributed by atoms with E-state index < -0.39 is 35.5 Å². The lowest BCUT2D eigenvalue weighted by Gasteiger charge is -2.33. The first-order chi connectivity index (χ1) is 8.96. The molecule has 0 aromatic carbocycles. The van der Waals surface area contributed by atoms with Crippen molar-refractivity contribution in [3.63, 3.8) is 0 Å². The zero-order chi connectivity index (χ0) is 15.6. The van der Waals surface area contributed by atoms with E-state index in [1.807, 2.05) is 0 Å². The van der Waals surface area contributed by atoms with E-state index in [9.17, 15) is 18.4 Å². The third-order valence-corrected chi connectivity index (χ3v) is 3.20. The van der Waals surface area contributed by atoms with Crippen molar-refractivity contribution in [2.45, 2.75) is 69.9 Å². The molecule has 0 saturated heterocycles. The first kappa shape index (κ1) is 16.7. The molecule has 0 bridgehead atoms. The molecule has 2 N–H and O–H groups in total.